The topological polar surface area (TPSA) is 58.6 Å². The minimum Gasteiger partial charge on any atom is -0.484 e. The molecule has 5 heteroatoms. The molecule has 0 aliphatic rings. The van der Waals surface area contributed by atoms with Gasteiger partial charge in [0.25, 0.3) is 5.91 Å². The maximum atomic E-state index is 13.1. The van der Waals surface area contributed by atoms with Crippen molar-refractivity contribution in [3.05, 3.63) is 65.2 Å². The summed E-state index contributed by atoms with van der Waals surface area (Å²) >= 11 is 0. The van der Waals surface area contributed by atoms with Crippen LogP contribution in [0.1, 0.15) is 43.9 Å². The van der Waals surface area contributed by atoms with Gasteiger partial charge >= 0.3 is 0 Å². The van der Waals surface area contributed by atoms with Gasteiger partial charge in [-0.05, 0) is 62.9 Å². The fourth-order valence-electron chi connectivity index (χ4n) is 3.32. The molecular formula is C24H32N2O3. The lowest BCUT2D eigenvalue weighted by Crippen LogP contribution is -2.51. The summed E-state index contributed by atoms with van der Waals surface area (Å²) in [6, 6.07) is 15.0. The number of benzene rings is 2. The lowest BCUT2D eigenvalue weighted by atomic mass is 10.1. The summed E-state index contributed by atoms with van der Waals surface area (Å²) in [7, 11) is 0. The molecule has 1 atom stereocenters. The van der Waals surface area contributed by atoms with E-state index in [9.17, 15) is 9.59 Å². The number of amides is 2. The smallest absolute Gasteiger partial charge is 0.261 e. The number of hydrogen-bond donors (Lipinski definition) is 1. The van der Waals surface area contributed by atoms with Crippen LogP contribution in [0.15, 0.2) is 48.5 Å². The zero-order chi connectivity index (χ0) is 21.4. The van der Waals surface area contributed by atoms with E-state index in [2.05, 4.69) is 11.4 Å². The van der Waals surface area contributed by atoms with E-state index in [0.717, 1.165) is 16.7 Å². The number of carbonyl (C=O) groups is 2. The standard InChI is InChI=1S/C24H32N2O3/c1-6-22(24(28)25-17(2)3)26(15-20-10-8-7-9-11-20)23(27)16-29-21-13-18(4)12-19(5)14-21/h7-14,17,22H,6,15-16H2,1-5H3,(H,25,28)/t22-/m1/s1. The third kappa shape index (κ3) is 6.93. The van der Waals surface area contributed by atoms with E-state index in [-0.39, 0.29) is 24.5 Å². The van der Waals surface area contributed by atoms with Crippen LogP contribution in [0.5, 0.6) is 5.75 Å². The van der Waals surface area contributed by atoms with Crippen molar-refractivity contribution in [2.45, 2.75) is 59.7 Å². The van der Waals surface area contributed by atoms with Crippen LogP contribution in [0, 0.1) is 13.8 Å². The van der Waals surface area contributed by atoms with Crippen LogP contribution in [0.3, 0.4) is 0 Å². The van der Waals surface area contributed by atoms with Crippen LogP contribution >= 0.6 is 0 Å². The number of hydrogen-bond acceptors (Lipinski definition) is 3. The highest BCUT2D eigenvalue weighted by Gasteiger charge is 2.29. The SMILES string of the molecule is CC[C@H](C(=O)NC(C)C)N(Cc1ccccc1)C(=O)COc1cc(C)cc(C)c1. The Kier molecular flexibility index (Phi) is 8.25. The first-order chi connectivity index (χ1) is 13.8. The first-order valence-corrected chi connectivity index (χ1v) is 10.1. The summed E-state index contributed by atoms with van der Waals surface area (Å²) < 4.78 is 5.78. The molecule has 0 heterocycles. The van der Waals surface area contributed by atoms with E-state index in [1.165, 1.54) is 0 Å². The molecule has 1 N–H and O–H groups in total. The van der Waals surface area contributed by atoms with Crippen molar-refractivity contribution in [2.24, 2.45) is 0 Å². The predicted octanol–water partition coefficient (Wildman–Crippen LogP) is 4.01. The van der Waals surface area contributed by atoms with E-state index in [1.807, 2.05) is 77.1 Å². The number of carbonyl (C=O) groups excluding carboxylic acids is 2. The van der Waals surface area contributed by atoms with Gasteiger partial charge in [-0.25, -0.2) is 0 Å². The second-order valence-corrected chi connectivity index (χ2v) is 7.71. The van der Waals surface area contributed by atoms with Gasteiger partial charge in [0.2, 0.25) is 5.91 Å². The molecule has 0 fully saturated rings. The molecule has 0 aromatic heterocycles. The molecule has 2 aromatic rings. The summed E-state index contributed by atoms with van der Waals surface area (Å²) in [5.74, 6) is 0.312. The Labute approximate surface area is 174 Å². The number of aryl methyl sites for hydroxylation is 2. The van der Waals surface area contributed by atoms with Crippen LogP contribution in [0.4, 0.5) is 0 Å². The molecule has 2 aromatic carbocycles. The summed E-state index contributed by atoms with van der Waals surface area (Å²) in [5.41, 5.74) is 3.13. The van der Waals surface area contributed by atoms with Gasteiger partial charge in [0, 0.05) is 12.6 Å². The average Bonchev–Trinajstić information content (AvgIpc) is 2.65. The van der Waals surface area contributed by atoms with Gasteiger partial charge in [0.15, 0.2) is 6.61 Å². The summed E-state index contributed by atoms with van der Waals surface area (Å²) in [6.45, 7) is 9.98. The van der Waals surface area contributed by atoms with Gasteiger partial charge in [-0.1, -0.05) is 43.3 Å². The van der Waals surface area contributed by atoms with Gasteiger partial charge in [-0.3, -0.25) is 9.59 Å². The first kappa shape index (κ1) is 22.5. The summed E-state index contributed by atoms with van der Waals surface area (Å²) in [5, 5.41) is 2.93. The van der Waals surface area contributed by atoms with Gasteiger partial charge in [0.1, 0.15) is 11.8 Å². The molecule has 0 aliphatic heterocycles. The molecular weight excluding hydrogens is 364 g/mol. The van der Waals surface area contributed by atoms with Gasteiger partial charge in [0.05, 0.1) is 0 Å². The Bertz CT molecular complexity index is 798. The van der Waals surface area contributed by atoms with Crippen LogP contribution in [-0.4, -0.2) is 35.4 Å². The highest BCUT2D eigenvalue weighted by molar-refractivity contribution is 5.88. The Morgan fingerprint density at radius 2 is 1.66 bits per heavy atom. The van der Waals surface area contributed by atoms with E-state index >= 15 is 0 Å². The zero-order valence-corrected chi connectivity index (χ0v) is 18.1. The van der Waals surface area contributed by atoms with Crippen LogP contribution in [0.2, 0.25) is 0 Å². The molecule has 156 valence electrons. The van der Waals surface area contributed by atoms with Crippen molar-refractivity contribution >= 4 is 11.8 Å². The number of nitrogens with zero attached hydrogens (tertiary/aromatic N) is 1. The molecule has 2 amide bonds. The van der Waals surface area contributed by atoms with E-state index in [0.29, 0.717) is 18.7 Å². The van der Waals surface area contributed by atoms with Crippen molar-refractivity contribution in [1.29, 1.82) is 0 Å². The van der Waals surface area contributed by atoms with E-state index in [4.69, 9.17) is 4.74 Å². The van der Waals surface area contributed by atoms with Crippen molar-refractivity contribution in [3.8, 4) is 5.75 Å². The summed E-state index contributed by atoms with van der Waals surface area (Å²) in [6.07, 6.45) is 0.528. The van der Waals surface area contributed by atoms with Crippen LogP contribution < -0.4 is 10.1 Å². The maximum absolute atomic E-state index is 13.1. The van der Waals surface area contributed by atoms with Gasteiger partial charge in [-0.2, -0.15) is 0 Å². The minimum atomic E-state index is -0.548. The number of ether oxygens (including phenoxy) is 1. The number of nitrogens with one attached hydrogen (secondary N) is 1. The van der Waals surface area contributed by atoms with Crippen LogP contribution in [-0.2, 0) is 16.1 Å². The number of rotatable bonds is 9. The summed E-state index contributed by atoms with van der Waals surface area (Å²) in [4.78, 5) is 27.5. The molecule has 0 bridgehead atoms. The minimum absolute atomic E-state index is 0.0109. The molecule has 5 nitrogen and oxygen atoms in total. The molecule has 0 saturated carbocycles. The second kappa shape index (κ2) is 10.6. The monoisotopic (exact) mass is 396 g/mol. The van der Waals surface area contributed by atoms with Crippen molar-refractivity contribution in [2.75, 3.05) is 6.61 Å². The average molecular weight is 397 g/mol. The first-order valence-electron chi connectivity index (χ1n) is 10.1. The Morgan fingerprint density at radius 1 is 1.03 bits per heavy atom. The Morgan fingerprint density at radius 3 is 2.21 bits per heavy atom. The molecule has 29 heavy (non-hydrogen) atoms. The third-order valence-electron chi connectivity index (χ3n) is 4.57. The second-order valence-electron chi connectivity index (χ2n) is 7.71. The molecule has 0 radical (unpaired) electrons. The van der Waals surface area contributed by atoms with Crippen molar-refractivity contribution < 1.29 is 14.3 Å². The zero-order valence-electron chi connectivity index (χ0n) is 18.1. The van der Waals surface area contributed by atoms with Crippen molar-refractivity contribution in [3.63, 3.8) is 0 Å². The highest BCUT2D eigenvalue weighted by atomic mass is 16.5. The Hall–Kier alpha value is -2.82. The van der Waals surface area contributed by atoms with E-state index < -0.39 is 6.04 Å². The fraction of sp³-hybridized carbons (Fsp3) is 0.417. The molecule has 2 rings (SSSR count). The lowest BCUT2D eigenvalue weighted by molar-refractivity contribution is -0.143. The predicted molar refractivity (Wildman–Crippen MR) is 116 cm³/mol. The largest absolute Gasteiger partial charge is 0.484 e. The van der Waals surface area contributed by atoms with Crippen LogP contribution in [0.25, 0.3) is 0 Å². The van der Waals surface area contributed by atoms with Gasteiger partial charge < -0.3 is 15.0 Å². The molecule has 0 saturated heterocycles. The molecule has 0 spiro atoms. The van der Waals surface area contributed by atoms with E-state index in [1.54, 1.807) is 4.90 Å². The maximum Gasteiger partial charge on any atom is 0.261 e. The van der Waals surface area contributed by atoms with Gasteiger partial charge in [-0.15, -0.1) is 0 Å². The third-order valence-corrected chi connectivity index (χ3v) is 4.57. The quantitative estimate of drug-likeness (QED) is 0.697. The molecule has 0 unspecified atom stereocenters. The molecule has 0 aliphatic carbocycles. The highest BCUT2D eigenvalue weighted by Crippen LogP contribution is 2.17. The normalized spacial score (nSPS) is 11.8. The fourth-order valence-corrected chi connectivity index (χ4v) is 3.32. The lowest BCUT2D eigenvalue weighted by Gasteiger charge is -2.31. The van der Waals surface area contributed by atoms with Crippen molar-refractivity contribution in [1.82, 2.24) is 10.2 Å². The Balaban J connectivity index is 2.20.